The Labute approximate surface area is 140 Å². The van der Waals surface area contributed by atoms with E-state index < -0.39 is 0 Å². The highest BCUT2D eigenvalue weighted by Gasteiger charge is 2.22. The molecule has 6 nitrogen and oxygen atoms in total. The molecule has 0 radical (unpaired) electrons. The van der Waals surface area contributed by atoms with Crippen LogP contribution in [0.1, 0.15) is 42.0 Å². The van der Waals surface area contributed by atoms with Crippen LogP contribution in [0.25, 0.3) is 0 Å². The number of aromatic amines is 1. The first-order valence-corrected chi connectivity index (χ1v) is 8.57. The number of H-pyrrole nitrogens is 1. The van der Waals surface area contributed by atoms with E-state index in [1.807, 2.05) is 18.2 Å². The molecule has 2 aromatic rings. The Hall–Kier alpha value is -2.34. The van der Waals surface area contributed by atoms with Gasteiger partial charge in [-0.3, -0.25) is 19.7 Å². The van der Waals surface area contributed by atoms with Crippen LogP contribution in [0.4, 0.5) is 0 Å². The second kappa shape index (κ2) is 6.65. The number of pyridine rings is 1. The first-order valence-electron chi connectivity index (χ1n) is 8.57. The lowest BCUT2D eigenvalue weighted by Gasteiger charge is -2.27. The van der Waals surface area contributed by atoms with Crippen LogP contribution >= 0.6 is 0 Å². The minimum Gasteiger partial charge on any atom is -0.305 e. The number of nitrogens with zero attached hydrogens (tertiary/aromatic N) is 4. The maximum atomic E-state index is 12.5. The van der Waals surface area contributed by atoms with E-state index in [1.54, 1.807) is 6.20 Å². The van der Waals surface area contributed by atoms with Gasteiger partial charge in [0.15, 0.2) is 5.82 Å². The predicted octanol–water partition coefficient (Wildman–Crippen LogP) is 1.70. The van der Waals surface area contributed by atoms with Crippen LogP contribution in [0.3, 0.4) is 0 Å². The van der Waals surface area contributed by atoms with Crippen molar-refractivity contribution in [1.29, 1.82) is 0 Å². The molecule has 24 heavy (non-hydrogen) atoms. The quantitative estimate of drug-likeness (QED) is 0.933. The van der Waals surface area contributed by atoms with E-state index in [-0.39, 0.29) is 5.56 Å². The summed E-state index contributed by atoms with van der Waals surface area (Å²) in [4.78, 5) is 31.3. The van der Waals surface area contributed by atoms with E-state index in [2.05, 4.69) is 19.9 Å². The number of nitrogens with one attached hydrogen (secondary N) is 1. The zero-order valence-corrected chi connectivity index (χ0v) is 13.7. The third-order valence-corrected chi connectivity index (χ3v) is 4.66. The third kappa shape index (κ3) is 3.14. The van der Waals surface area contributed by atoms with Crippen molar-refractivity contribution in [3.8, 4) is 0 Å². The van der Waals surface area contributed by atoms with Crippen molar-refractivity contribution in [1.82, 2.24) is 19.9 Å². The molecule has 2 aliphatic rings. The van der Waals surface area contributed by atoms with Gasteiger partial charge in [-0.2, -0.15) is 0 Å². The Morgan fingerprint density at radius 3 is 2.96 bits per heavy atom. The van der Waals surface area contributed by atoms with Gasteiger partial charge in [0.25, 0.3) is 5.56 Å². The molecule has 0 aliphatic carbocycles. The van der Waals surface area contributed by atoms with Crippen LogP contribution < -0.4 is 5.56 Å². The van der Waals surface area contributed by atoms with Crippen LogP contribution in [0.5, 0.6) is 0 Å². The fraction of sp³-hybridized carbons (Fsp3) is 0.444. The number of aliphatic imine (C=N–C) groups is 1. The van der Waals surface area contributed by atoms with Gasteiger partial charge in [0, 0.05) is 38.8 Å². The summed E-state index contributed by atoms with van der Waals surface area (Å²) in [5.41, 5.74) is 3.68. The molecule has 2 aromatic heterocycles. The summed E-state index contributed by atoms with van der Waals surface area (Å²) in [7, 11) is 0. The van der Waals surface area contributed by atoms with Crippen LogP contribution in [0.15, 0.2) is 34.2 Å². The predicted molar refractivity (Wildman–Crippen MR) is 92.2 cm³/mol. The van der Waals surface area contributed by atoms with E-state index in [9.17, 15) is 4.79 Å². The number of hydrogen-bond donors (Lipinski definition) is 1. The fourth-order valence-corrected chi connectivity index (χ4v) is 3.36. The summed E-state index contributed by atoms with van der Waals surface area (Å²) < 4.78 is 0. The lowest BCUT2D eigenvalue weighted by molar-refractivity contribution is 0.239. The van der Waals surface area contributed by atoms with Crippen LogP contribution in [-0.4, -0.2) is 38.7 Å². The van der Waals surface area contributed by atoms with E-state index >= 15 is 0 Å². The smallest absolute Gasteiger partial charge is 0.255 e. The molecule has 4 heterocycles. The molecule has 1 N–H and O–H groups in total. The van der Waals surface area contributed by atoms with Gasteiger partial charge in [-0.1, -0.05) is 6.07 Å². The number of aromatic nitrogens is 3. The molecular formula is C18H21N5O. The monoisotopic (exact) mass is 323 g/mol. The molecule has 0 spiro atoms. The normalized spacial score (nSPS) is 18.1. The molecule has 2 aliphatic heterocycles. The van der Waals surface area contributed by atoms with Gasteiger partial charge in [0.1, 0.15) is 0 Å². The second-order valence-corrected chi connectivity index (χ2v) is 6.41. The van der Waals surface area contributed by atoms with Crippen molar-refractivity contribution in [2.24, 2.45) is 4.99 Å². The van der Waals surface area contributed by atoms with Crippen molar-refractivity contribution in [3.05, 3.63) is 57.5 Å². The average molecular weight is 323 g/mol. The van der Waals surface area contributed by atoms with Crippen molar-refractivity contribution in [3.63, 3.8) is 0 Å². The lowest BCUT2D eigenvalue weighted by atomic mass is 10.0. The Balaban J connectivity index is 1.56. The summed E-state index contributed by atoms with van der Waals surface area (Å²) in [6.07, 6.45) is 5.76. The minimum absolute atomic E-state index is 0.0194. The molecule has 0 unspecified atom stereocenters. The highest BCUT2D eigenvalue weighted by Crippen LogP contribution is 2.17. The fourth-order valence-electron chi connectivity index (χ4n) is 3.36. The Kier molecular flexibility index (Phi) is 4.21. The molecular weight excluding hydrogens is 302 g/mol. The number of fused-ring (bicyclic) bond motifs is 1. The van der Waals surface area contributed by atoms with Gasteiger partial charge in [-0.25, -0.2) is 4.98 Å². The van der Waals surface area contributed by atoms with Crippen molar-refractivity contribution >= 4 is 5.71 Å². The third-order valence-electron chi connectivity index (χ3n) is 4.66. The minimum atomic E-state index is -0.0194. The zero-order chi connectivity index (χ0) is 16.4. The topological polar surface area (TPSA) is 74.2 Å². The van der Waals surface area contributed by atoms with Crippen molar-refractivity contribution in [2.45, 2.75) is 38.8 Å². The molecule has 0 saturated carbocycles. The van der Waals surface area contributed by atoms with Gasteiger partial charge in [-0.05, 0) is 31.4 Å². The zero-order valence-electron chi connectivity index (χ0n) is 13.7. The summed E-state index contributed by atoms with van der Waals surface area (Å²) in [5.74, 6) is 0.677. The van der Waals surface area contributed by atoms with Gasteiger partial charge in [0.2, 0.25) is 0 Å². The molecule has 4 rings (SSSR count). The summed E-state index contributed by atoms with van der Waals surface area (Å²) >= 11 is 0. The molecule has 0 bridgehead atoms. The molecule has 6 heteroatoms. The molecule has 0 amide bonds. The van der Waals surface area contributed by atoms with Gasteiger partial charge < -0.3 is 4.98 Å². The van der Waals surface area contributed by atoms with Crippen LogP contribution in [-0.2, 0) is 19.5 Å². The standard InChI is InChI=1S/C18H21N5O/c24-18-14-12-23(11-13-5-1-3-8-19-13)10-7-15(14)21-17(22-18)16-6-2-4-9-20-16/h1,3,5,8H,2,4,6-7,9-12H2,(H,21,22,24). The Bertz CT molecular complexity index is 812. The average Bonchev–Trinajstić information content (AvgIpc) is 2.64. The first-order chi connectivity index (χ1) is 11.8. The van der Waals surface area contributed by atoms with E-state index in [1.165, 1.54) is 0 Å². The molecule has 124 valence electrons. The largest absolute Gasteiger partial charge is 0.305 e. The Morgan fingerprint density at radius 2 is 2.17 bits per heavy atom. The van der Waals surface area contributed by atoms with Crippen LogP contribution in [0.2, 0.25) is 0 Å². The van der Waals surface area contributed by atoms with Crippen LogP contribution in [0, 0.1) is 0 Å². The van der Waals surface area contributed by atoms with Gasteiger partial charge in [-0.15, -0.1) is 0 Å². The molecule has 0 atom stereocenters. The molecule has 0 aromatic carbocycles. The highest BCUT2D eigenvalue weighted by atomic mass is 16.1. The van der Waals surface area contributed by atoms with Gasteiger partial charge in [0.05, 0.1) is 22.7 Å². The molecule has 0 fully saturated rings. The lowest BCUT2D eigenvalue weighted by Crippen LogP contribution is -2.36. The van der Waals surface area contributed by atoms with Crippen molar-refractivity contribution in [2.75, 3.05) is 13.1 Å². The summed E-state index contributed by atoms with van der Waals surface area (Å²) in [5, 5.41) is 0. The van der Waals surface area contributed by atoms with E-state index in [4.69, 9.17) is 4.98 Å². The maximum Gasteiger partial charge on any atom is 0.255 e. The van der Waals surface area contributed by atoms with E-state index in [0.717, 1.165) is 68.0 Å². The van der Waals surface area contributed by atoms with Gasteiger partial charge >= 0.3 is 0 Å². The highest BCUT2D eigenvalue weighted by molar-refractivity contribution is 5.97. The van der Waals surface area contributed by atoms with E-state index in [0.29, 0.717) is 12.4 Å². The Morgan fingerprint density at radius 1 is 1.21 bits per heavy atom. The molecule has 0 saturated heterocycles. The van der Waals surface area contributed by atoms with Crippen molar-refractivity contribution < 1.29 is 0 Å². The second-order valence-electron chi connectivity index (χ2n) is 6.41. The first kappa shape index (κ1) is 15.2. The number of rotatable bonds is 3. The summed E-state index contributed by atoms with van der Waals surface area (Å²) in [6.45, 7) is 3.12. The number of hydrogen-bond acceptors (Lipinski definition) is 5. The SMILES string of the molecule is O=c1[nH]c(C2=NCCCC2)nc2c1CN(Cc1ccccn1)CC2. The summed E-state index contributed by atoms with van der Waals surface area (Å²) in [6, 6.07) is 5.92. The maximum absolute atomic E-state index is 12.5.